The smallest absolute Gasteiger partial charge is 0.255 e. The second-order valence-corrected chi connectivity index (χ2v) is 5.86. The van der Waals surface area contributed by atoms with E-state index in [1.54, 1.807) is 30.9 Å². The van der Waals surface area contributed by atoms with Gasteiger partial charge in [0.25, 0.3) is 5.91 Å². The summed E-state index contributed by atoms with van der Waals surface area (Å²) in [5, 5.41) is 6.15. The van der Waals surface area contributed by atoms with Crippen LogP contribution in [0.2, 0.25) is 0 Å². The van der Waals surface area contributed by atoms with E-state index < -0.39 is 0 Å². The van der Waals surface area contributed by atoms with Crippen LogP contribution in [0.15, 0.2) is 61.3 Å². The fraction of sp³-hybridized carbons (Fsp3) is 0.250. The van der Waals surface area contributed by atoms with Gasteiger partial charge in [0.1, 0.15) is 11.6 Å². The molecule has 0 atom stereocenters. The summed E-state index contributed by atoms with van der Waals surface area (Å²) in [6, 6.07) is 11.1. The molecule has 7 nitrogen and oxygen atoms in total. The van der Waals surface area contributed by atoms with Gasteiger partial charge in [-0.15, -0.1) is 0 Å². The molecule has 0 aliphatic rings. The van der Waals surface area contributed by atoms with Crippen LogP contribution in [0.4, 0.5) is 11.5 Å². The van der Waals surface area contributed by atoms with Crippen molar-refractivity contribution in [1.82, 2.24) is 19.9 Å². The van der Waals surface area contributed by atoms with Gasteiger partial charge in [-0.3, -0.25) is 4.79 Å². The molecule has 1 aromatic carbocycles. The van der Waals surface area contributed by atoms with Gasteiger partial charge in [-0.2, -0.15) is 0 Å². The molecule has 2 N–H and O–H groups in total. The third-order valence-corrected chi connectivity index (χ3v) is 3.93. The van der Waals surface area contributed by atoms with Gasteiger partial charge in [0, 0.05) is 31.7 Å². The number of rotatable bonds is 9. The van der Waals surface area contributed by atoms with Crippen LogP contribution >= 0.6 is 0 Å². The highest BCUT2D eigenvalue weighted by Crippen LogP contribution is 2.27. The van der Waals surface area contributed by atoms with Gasteiger partial charge in [0.05, 0.1) is 24.2 Å². The van der Waals surface area contributed by atoms with E-state index in [2.05, 4.69) is 20.6 Å². The number of aromatic nitrogens is 3. The van der Waals surface area contributed by atoms with Gasteiger partial charge in [0.15, 0.2) is 0 Å². The van der Waals surface area contributed by atoms with E-state index >= 15 is 0 Å². The normalized spacial score (nSPS) is 10.4. The number of imidazole rings is 1. The topological polar surface area (TPSA) is 81.1 Å². The Bertz CT molecular complexity index is 864. The fourth-order valence-corrected chi connectivity index (χ4v) is 2.64. The molecule has 1 amide bonds. The maximum Gasteiger partial charge on any atom is 0.255 e. The summed E-state index contributed by atoms with van der Waals surface area (Å²) >= 11 is 0. The molecule has 0 saturated heterocycles. The van der Waals surface area contributed by atoms with E-state index in [0.29, 0.717) is 24.5 Å². The Hall–Kier alpha value is -3.35. The van der Waals surface area contributed by atoms with Gasteiger partial charge >= 0.3 is 0 Å². The van der Waals surface area contributed by atoms with Gasteiger partial charge in [0.2, 0.25) is 0 Å². The van der Waals surface area contributed by atoms with Crippen LogP contribution in [0.1, 0.15) is 23.7 Å². The van der Waals surface area contributed by atoms with E-state index in [-0.39, 0.29) is 5.91 Å². The predicted molar refractivity (Wildman–Crippen MR) is 104 cm³/mol. The van der Waals surface area contributed by atoms with Crippen molar-refractivity contribution in [1.29, 1.82) is 0 Å². The molecule has 2 heterocycles. The van der Waals surface area contributed by atoms with Gasteiger partial charge in [-0.05, 0) is 37.6 Å². The van der Waals surface area contributed by atoms with E-state index in [9.17, 15) is 4.79 Å². The van der Waals surface area contributed by atoms with Crippen LogP contribution < -0.4 is 15.4 Å². The first-order valence-corrected chi connectivity index (χ1v) is 8.95. The average Bonchev–Trinajstić information content (AvgIpc) is 3.21. The zero-order chi connectivity index (χ0) is 18.9. The maximum atomic E-state index is 12.6. The first-order valence-electron chi connectivity index (χ1n) is 8.95. The van der Waals surface area contributed by atoms with Crippen LogP contribution in [0.3, 0.4) is 0 Å². The van der Waals surface area contributed by atoms with Crippen LogP contribution in [0.25, 0.3) is 0 Å². The predicted octanol–water partition coefficient (Wildman–Crippen LogP) is 3.24. The van der Waals surface area contributed by atoms with E-state index in [0.717, 1.165) is 24.4 Å². The molecule has 0 bridgehead atoms. The second kappa shape index (κ2) is 9.38. The number of para-hydroxylation sites is 2. The van der Waals surface area contributed by atoms with Crippen molar-refractivity contribution >= 4 is 17.4 Å². The summed E-state index contributed by atoms with van der Waals surface area (Å²) in [5.74, 6) is 1.05. The molecule has 2 aromatic heterocycles. The molecule has 0 saturated carbocycles. The largest absolute Gasteiger partial charge is 0.492 e. The van der Waals surface area contributed by atoms with Crippen LogP contribution in [0, 0.1) is 0 Å². The molecule has 27 heavy (non-hydrogen) atoms. The third-order valence-electron chi connectivity index (χ3n) is 3.93. The van der Waals surface area contributed by atoms with Crippen molar-refractivity contribution < 1.29 is 9.53 Å². The Kier molecular flexibility index (Phi) is 6.40. The number of pyridine rings is 1. The lowest BCUT2D eigenvalue weighted by molar-refractivity contribution is 0.0953. The number of hydrogen-bond donors (Lipinski definition) is 2. The Morgan fingerprint density at radius 3 is 2.89 bits per heavy atom. The number of ether oxygens (including phenoxy) is 1. The molecule has 0 radical (unpaired) electrons. The molecule has 0 fully saturated rings. The zero-order valence-electron chi connectivity index (χ0n) is 15.3. The molecule has 7 heteroatoms. The molecule has 0 aliphatic carbocycles. The number of nitrogens with one attached hydrogen (secondary N) is 2. The second-order valence-electron chi connectivity index (χ2n) is 5.86. The maximum absolute atomic E-state index is 12.6. The SMILES string of the molecule is CCOc1ccccc1Nc1ncccc1C(=O)NCCCn1ccnc1. The van der Waals surface area contributed by atoms with Gasteiger partial charge < -0.3 is 19.9 Å². The molecule has 0 spiro atoms. The van der Waals surface area contributed by atoms with E-state index in [1.807, 2.05) is 42.0 Å². The number of carbonyl (C=O) groups excluding carboxylic acids is 1. The van der Waals surface area contributed by atoms with Crippen LogP contribution in [-0.4, -0.2) is 33.6 Å². The monoisotopic (exact) mass is 365 g/mol. The van der Waals surface area contributed by atoms with Crippen molar-refractivity contribution in [2.75, 3.05) is 18.5 Å². The first kappa shape index (κ1) is 18.4. The lowest BCUT2D eigenvalue weighted by atomic mass is 10.2. The third kappa shape index (κ3) is 5.07. The molecular weight excluding hydrogens is 342 g/mol. The summed E-state index contributed by atoms with van der Waals surface area (Å²) in [4.78, 5) is 20.9. The Morgan fingerprint density at radius 1 is 1.19 bits per heavy atom. The minimum Gasteiger partial charge on any atom is -0.492 e. The summed E-state index contributed by atoms with van der Waals surface area (Å²) < 4.78 is 7.61. The fourth-order valence-electron chi connectivity index (χ4n) is 2.64. The summed E-state index contributed by atoms with van der Waals surface area (Å²) in [5.41, 5.74) is 1.26. The minimum absolute atomic E-state index is 0.162. The molecule has 3 aromatic rings. The average molecular weight is 365 g/mol. The number of amides is 1. The minimum atomic E-state index is -0.162. The zero-order valence-corrected chi connectivity index (χ0v) is 15.3. The van der Waals surface area contributed by atoms with Crippen molar-refractivity contribution in [2.45, 2.75) is 19.9 Å². The molecule has 0 unspecified atom stereocenters. The van der Waals surface area contributed by atoms with Crippen LogP contribution in [-0.2, 0) is 6.54 Å². The summed E-state index contributed by atoms with van der Waals surface area (Å²) in [6.07, 6.45) is 7.88. The van der Waals surface area contributed by atoms with Gasteiger partial charge in [-0.25, -0.2) is 9.97 Å². The highest BCUT2D eigenvalue weighted by atomic mass is 16.5. The number of anilines is 2. The summed E-state index contributed by atoms with van der Waals surface area (Å²) in [6.45, 7) is 3.87. The summed E-state index contributed by atoms with van der Waals surface area (Å²) in [7, 11) is 0. The number of aryl methyl sites for hydroxylation is 1. The number of nitrogens with zero attached hydrogens (tertiary/aromatic N) is 3. The van der Waals surface area contributed by atoms with Crippen LogP contribution in [0.5, 0.6) is 5.75 Å². The molecular formula is C20H23N5O2. The lowest BCUT2D eigenvalue weighted by Crippen LogP contribution is -2.26. The number of hydrogen-bond acceptors (Lipinski definition) is 5. The van der Waals surface area contributed by atoms with Crippen molar-refractivity contribution in [2.24, 2.45) is 0 Å². The Morgan fingerprint density at radius 2 is 2.07 bits per heavy atom. The molecule has 140 valence electrons. The number of carbonyl (C=O) groups is 1. The van der Waals surface area contributed by atoms with E-state index in [4.69, 9.17) is 4.74 Å². The first-order chi connectivity index (χ1) is 13.3. The highest BCUT2D eigenvalue weighted by molar-refractivity contribution is 5.99. The van der Waals surface area contributed by atoms with E-state index in [1.165, 1.54) is 0 Å². The number of benzene rings is 1. The van der Waals surface area contributed by atoms with Crippen molar-refractivity contribution in [3.05, 3.63) is 66.9 Å². The quantitative estimate of drug-likeness (QED) is 0.569. The standard InChI is InChI=1S/C20H23N5O2/c1-2-27-18-9-4-3-8-17(18)24-19-16(7-5-10-22-19)20(26)23-11-6-13-25-14-12-21-15-25/h3-5,7-10,12,14-15H,2,6,11,13H2,1H3,(H,22,24)(H,23,26). The lowest BCUT2D eigenvalue weighted by Gasteiger charge is -2.14. The molecule has 0 aliphatic heterocycles. The van der Waals surface area contributed by atoms with Crippen molar-refractivity contribution in [3.63, 3.8) is 0 Å². The Balaban J connectivity index is 1.64. The Labute approximate surface area is 158 Å². The van der Waals surface area contributed by atoms with Crippen molar-refractivity contribution in [3.8, 4) is 5.75 Å². The highest BCUT2D eigenvalue weighted by Gasteiger charge is 2.13. The molecule has 3 rings (SSSR count). The van der Waals surface area contributed by atoms with Gasteiger partial charge in [-0.1, -0.05) is 12.1 Å².